The Kier molecular flexibility index (Phi) is 5.28. The first-order chi connectivity index (χ1) is 15.6. The number of carbonyl (C=O) groups is 1. The second kappa shape index (κ2) is 8.39. The molecule has 0 aliphatic rings. The van der Waals surface area contributed by atoms with Crippen molar-refractivity contribution in [3.8, 4) is 10.8 Å². The first-order valence-corrected chi connectivity index (χ1v) is 11.0. The van der Waals surface area contributed by atoms with E-state index >= 15 is 0 Å². The second-order valence-corrected chi connectivity index (χ2v) is 8.19. The second-order valence-electron chi connectivity index (χ2n) is 7.25. The van der Waals surface area contributed by atoms with Gasteiger partial charge in [-0.05, 0) is 30.0 Å². The lowest BCUT2D eigenvalue weighted by Gasteiger charge is -2.20. The van der Waals surface area contributed by atoms with Crippen molar-refractivity contribution in [3.63, 3.8) is 0 Å². The minimum Gasteiger partial charge on any atom is -0.448 e. The van der Waals surface area contributed by atoms with Gasteiger partial charge in [0.2, 0.25) is 17.4 Å². The van der Waals surface area contributed by atoms with Crippen LogP contribution in [0.3, 0.4) is 0 Å². The molecule has 0 bridgehead atoms. The fourth-order valence-corrected chi connectivity index (χ4v) is 4.16. The molecule has 0 saturated heterocycles. The Bertz CT molecular complexity index is 1450. The maximum atomic E-state index is 13.0. The molecule has 0 unspecified atom stereocenters. The summed E-state index contributed by atoms with van der Waals surface area (Å²) < 4.78 is 12.7. The Morgan fingerprint density at radius 3 is 2.84 bits per heavy atom. The highest BCUT2D eigenvalue weighted by Crippen LogP contribution is 2.25. The Morgan fingerprint density at radius 1 is 1.16 bits per heavy atom. The molecule has 0 aliphatic carbocycles. The Morgan fingerprint density at radius 2 is 2.03 bits per heavy atom. The number of hydrogen-bond acceptors (Lipinski definition) is 8. The van der Waals surface area contributed by atoms with E-state index in [1.54, 1.807) is 11.0 Å². The molecule has 1 amide bonds. The molecule has 0 N–H and O–H groups in total. The normalized spacial score (nSPS) is 11.4. The van der Waals surface area contributed by atoms with E-state index in [1.807, 2.05) is 42.6 Å². The Hall–Kier alpha value is -3.79. The Labute approximate surface area is 185 Å². The monoisotopic (exact) mass is 449 g/mol. The van der Waals surface area contributed by atoms with E-state index in [-0.39, 0.29) is 24.6 Å². The predicted molar refractivity (Wildman–Crippen MR) is 119 cm³/mol. The molecule has 5 aromatic rings. The highest BCUT2D eigenvalue weighted by molar-refractivity contribution is 7.13. The number of nitrogens with zero attached hydrogens (tertiary/aromatic N) is 5. The molecule has 0 spiro atoms. The molecule has 32 heavy (non-hydrogen) atoms. The highest BCUT2D eigenvalue weighted by atomic mass is 32.1. The summed E-state index contributed by atoms with van der Waals surface area (Å²) in [5, 5.41) is 10.8. The molecule has 0 saturated carbocycles. The van der Waals surface area contributed by atoms with Gasteiger partial charge in [-0.1, -0.05) is 25.1 Å². The quantitative estimate of drug-likeness (QED) is 0.373. The van der Waals surface area contributed by atoms with Crippen LogP contribution in [0.15, 0.2) is 61.7 Å². The van der Waals surface area contributed by atoms with Gasteiger partial charge in [0.05, 0.1) is 17.7 Å². The topological polar surface area (TPSA) is 107 Å². The zero-order chi connectivity index (χ0) is 22.1. The fourth-order valence-electron chi connectivity index (χ4n) is 3.52. The smallest absolute Gasteiger partial charge is 0.297 e. The maximum absolute atomic E-state index is 13.0. The lowest BCUT2D eigenvalue weighted by molar-refractivity contribution is -0.132. The van der Waals surface area contributed by atoms with Gasteiger partial charge in [-0.25, -0.2) is 4.98 Å². The number of amides is 1. The summed E-state index contributed by atoms with van der Waals surface area (Å²) in [6, 6.07) is 11.1. The van der Waals surface area contributed by atoms with Crippen molar-refractivity contribution < 1.29 is 13.6 Å². The maximum Gasteiger partial charge on any atom is 0.297 e. The molecule has 9 nitrogen and oxygen atoms in total. The van der Waals surface area contributed by atoms with E-state index in [2.05, 4.69) is 15.2 Å². The van der Waals surface area contributed by atoms with Crippen LogP contribution in [0, 0.1) is 0 Å². The minimum absolute atomic E-state index is 0.140. The van der Waals surface area contributed by atoms with Crippen molar-refractivity contribution >= 4 is 39.3 Å². The number of aromatic nitrogens is 4. The number of rotatable bonds is 7. The van der Waals surface area contributed by atoms with Crippen LogP contribution in [-0.2, 0) is 17.9 Å². The third-order valence-corrected chi connectivity index (χ3v) is 5.89. The summed E-state index contributed by atoms with van der Waals surface area (Å²) in [6.07, 6.45) is 2.13. The molecule has 5 rings (SSSR count). The molecule has 1 aromatic carbocycles. The predicted octanol–water partition coefficient (Wildman–Crippen LogP) is 3.69. The van der Waals surface area contributed by atoms with E-state index in [0.717, 1.165) is 16.7 Å². The fraction of sp³-hybridized carbons (Fsp3) is 0.227. The summed E-state index contributed by atoms with van der Waals surface area (Å²) in [6.45, 7) is 2.47. The van der Waals surface area contributed by atoms with Crippen LogP contribution in [0.5, 0.6) is 0 Å². The van der Waals surface area contributed by atoms with E-state index in [0.29, 0.717) is 29.4 Å². The first kappa shape index (κ1) is 20.1. The van der Waals surface area contributed by atoms with Crippen molar-refractivity contribution in [2.24, 2.45) is 0 Å². The standard InChI is InChI=1S/C22H19N5O4S/c1-2-9-26(11-17-24-25-21(31-17)16-8-5-10-32-16)18(28)12-27-13-23-19-14-6-3-4-7-15(14)30-20(19)22(27)29/h3-8,10,13H,2,9,11-12H2,1H3. The van der Waals surface area contributed by atoms with Crippen molar-refractivity contribution in [3.05, 3.63) is 64.4 Å². The SMILES string of the molecule is CCCN(Cc1nnc(-c2cccs2)o1)C(=O)Cn1cnc2c(oc3ccccc32)c1=O. The summed E-state index contributed by atoms with van der Waals surface area (Å²) in [4.78, 5) is 32.8. The molecule has 0 fully saturated rings. The molecular formula is C22H19N5O4S. The van der Waals surface area contributed by atoms with Gasteiger partial charge in [-0.3, -0.25) is 14.2 Å². The lowest BCUT2D eigenvalue weighted by Crippen LogP contribution is -2.36. The van der Waals surface area contributed by atoms with Gasteiger partial charge in [0.25, 0.3) is 11.4 Å². The molecular weight excluding hydrogens is 430 g/mol. The summed E-state index contributed by atoms with van der Waals surface area (Å²) in [5.74, 6) is 0.519. The first-order valence-electron chi connectivity index (χ1n) is 10.1. The molecule has 4 aromatic heterocycles. The van der Waals surface area contributed by atoms with Gasteiger partial charge in [0.15, 0.2) is 0 Å². The van der Waals surface area contributed by atoms with Gasteiger partial charge in [0, 0.05) is 11.9 Å². The highest BCUT2D eigenvalue weighted by Gasteiger charge is 2.20. The zero-order valence-electron chi connectivity index (χ0n) is 17.2. The Balaban J connectivity index is 1.38. The van der Waals surface area contributed by atoms with Gasteiger partial charge >= 0.3 is 0 Å². The van der Waals surface area contributed by atoms with Gasteiger partial charge in [0.1, 0.15) is 17.6 Å². The molecule has 162 valence electrons. The lowest BCUT2D eigenvalue weighted by atomic mass is 10.2. The van der Waals surface area contributed by atoms with E-state index in [1.165, 1.54) is 22.2 Å². The number of fused-ring (bicyclic) bond motifs is 3. The average molecular weight is 449 g/mol. The molecule has 0 atom stereocenters. The van der Waals surface area contributed by atoms with Crippen molar-refractivity contribution in [2.75, 3.05) is 6.54 Å². The molecule has 10 heteroatoms. The third kappa shape index (κ3) is 3.69. The summed E-state index contributed by atoms with van der Waals surface area (Å²) >= 11 is 1.50. The van der Waals surface area contributed by atoms with Crippen LogP contribution in [-0.4, -0.2) is 37.1 Å². The van der Waals surface area contributed by atoms with Crippen LogP contribution >= 0.6 is 11.3 Å². The summed E-state index contributed by atoms with van der Waals surface area (Å²) in [5.41, 5.74) is 0.822. The van der Waals surface area contributed by atoms with Gasteiger partial charge in [-0.15, -0.1) is 21.5 Å². The average Bonchev–Trinajstić information content (AvgIpc) is 3.55. The van der Waals surface area contributed by atoms with Crippen LogP contribution in [0.25, 0.3) is 32.8 Å². The van der Waals surface area contributed by atoms with E-state index < -0.39 is 5.56 Å². The minimum atomic E-state index is -0.395. The molecule has 0 aliphatic heterocycles. The number of carbonyl (C=O) groups excluding carboxylic acids is 1. The number of thiophene rings is 1. The van der Waals surface area contributed by atoms with Gasteiger partial charge < -0.3 is 13.7 Å². The molecule has 0 radical (unpaired) electrons. The van der Waals surface area contributed by atoms with E-state index in [4.69, 9.17) is 8.83 Å². The van der Waals surface area contributed by atoms with Crippen LogP contribution in [0.4, 0.5) is 0 Å². The summed E-state index contributed by atoms with van der Waals surface area (Å²) in [7, 11) is 0. The van der Waals surface area contributed by atoms with Crippen LogP contribution in [0.2, 0.25) is 0 Å². The number of hydrogen-bond donors (Lipinski definition) is 0. The van der Waals surface area contributed by atoms with Crippen molar-refractivity contribution in [1.82, 2.24) is 24.6 Å². The molecule has 4 heterocycles. The van der Waals surface area contributed by atoms with E-state index in [9.17, 15) is 9.59 Å². The number of para-hydroxylation sites is 1. The van der Waals surface area contributed by atoms with Crippen molar-refractivity contribution in [2.45, 2.75) is 26.4 Å². The zero-order valence-corrected chi connectivity index (χ0v) is 18.0. The largest absolute Gasteiger partial charge is 0.448 e. The number of furan rings is 1. The van der Waals surface area contributed by atoms with Crippen LogP contribution in [0.1, 0.15) is 19.2 Å². The third-order valence-electron chi connectivity index (χ3n) is 5.03. The van der Waals surface area contributed by atoms with Crippen molar-refractivity contribution in [1.29, 1.82) is 0 Å². The number of benzene rings is 1. The van der Waals surface area contributed by atoms with Gasteiger partial charge in [-0.2, -0.15) is 0 Å². The van der Waals surface area contributed by atoms with Crippen LogP contribution < -0.4 is 5.56 Å².